The van der Waals surface area contributed by atoms with E-state index in [4.69, 9.17) is 14.2 Å². The Hall–Kier alpha value is -2.69. The minimum atomic E-state index is -0.382. The number of amides is 1. The van der Waals surface area contributed by atoms with Gasteiger partial charge in [0.05, 0.1) is 20.2 Å². The molecule has 4 rings (SSSR count). The molecule has 0 spiro atoms. The van der Waals surface area contributed by atoms with Gasteiger partial charge in [-0.2, -0.15) is 0 Å². The molecule has 1 fully saturated rings. The van der Waals surface area contributed by atoms with E-state index in [0.29, 0.717) is 13.1 Å². The summed E-state index contributed by atoms with van der Waals surface area (Å²) in [5.74, 6) is 2.41. The topological polar surface area (TPSA) is 48.0 Å². The van der Waals surface area contributed by atoms with Crippen LogP contribution in [0.2, 0.25) is 0 Å². The number of carbonyl (C=O) groups is 1. The minimum absolute atomic E-state index is 0.0203. The molecular formula is C20H21NO4. The molecule has 1 atom stereocenters. The van der Waals surface area contributed by atoms with Gasteiger partial charge >= 0.3 is 0 Å². The molecule has 0 bridgehead atoms. The van der Waals surface area contributed by atoms with Crippen molar-refractivity contribution in [1.29, 1.82) is 0 Å². The summed E-state index contributed by atoms with van der Waals surface area (Å²) >= 11 is 0. The highest BCUT2D eigenvalue weighted by Gasteiger charge is 2.38. The van der Waals surface area contributed by atoms with Crippen LogP contribution in [-0.4, -0.2) is 43.2 Å². The van der Waals surface area contributed by atoms with E-state index in [1.54, 1.807) is 7.11 Å². The van der Waals surface area contributed by atoms with E-state index in [1.807, 2.05) is 47.4 Å². The number of hydrogen-bond donors (Lipinski definition) is 0. The summed E-state index contributed by atoms with van der Waals surface area (Å²) < 4.78 is 17.0. The number of nitrogens with zero attached hydrogens (tertiary/aromatic N) is 1. The number of methoxy groups -OCH3 is 1. The van der Waals surface area contributed by atoms with Gasteiger partial charge in [-0.25, -0.2) is 0 Å². The van der Waals surface area contributed by atoms with Gasteiger partial charge < -0.3 is 19.1 Å². The summed E-state index contributed by atoms with van der Waals surface area (Å²) in [6.07, 6.45) is 1.25. The lowest BCUT2D eigenvalue weighted by atomic mass is 10.0. The maximum absolute atomic E-state index is 12.6. The smallest absolute Gasteiger partial charge is 0.263 e. The van der Waals surface area contributed by atoms with Gasteiger partial charge in [0.15, 0.2) is 6.10 Å². The lowest BCUT2D eigenvalue weighted by Gasteiger charge is -2.41. The second-order valence-electron chi connectivity index (χ2n) is 6.41. The van der Waals surface area contributed by atoms with Crippen molar-refractivity contribution in [2.24, 2.45) is 0 Å². The third-order valence-corrected chi connectivity index (χ3v) is 4.70. The molecule has 1 amide bonds. The normalized spacial score (nSPS) is 19.4. The molecule has 25 heavy (non-hydrogen) atoms. The minimum Gasteiger partial charge on any atom is -0.497 e. The molecule has 2 aromatic carbocycles. The third kappa shape index (κ3) is 3.27. The molecule has 5 nitrogen and oxygen atoms in total. The molecule has 2 aromatic rings. The van der Waals surface area contributed by atoms with Crippen LogP contribution in [0.4, 0.5) is 0 Å². The second kappa shape index (κ2) is 6.67. The Morgan fingerprint density at radius 3 is 2.76 bits per heavy atom. The van der Waals surface area contributed by atoms with Crippen molar-refractivity contribution >= 4 is 5.91 Å². The van der Waals surface area contributed by atoms with E-state index in [1.165, 1.54) is 5.56 Å². The molecule has 0 N–H and O–H groups in total. The van der Waals surface area contributed by atoms with E-state index >= 15 is 0 Å². The molecule has 0 unspecified atom stereocenters. The summed E-state index contributed by atoms with van der Waals surface area (Å²) in [4.78, 5) is 14.4. The van der Waals surface area contributed by atoms with Crippen LogP contribution in [0.25, 0.3) is 0 Å². The van der Waals surface area contributed by atoms with Crippen LogP contribution in [0.5, 0.6) is 17.2 Å². The number of carbonyl (C=O) groups excluding carboxylic acids is 1. The van der Waals surface area contributed by atoms with Gasteiger partial charge in [-0.3, -0.25) is 4.79 Å². The Morgan fingerprint density at radius 1 is 1.12 bits per heavy atom. The van der Waals surface area contributed by atoms with Crippen LogP contribution in [0.15, 0.2) is 48.5 Å². The number of likely N-dealkylation sites (tertiary alicyclic amines) is 1. The van der Waals surface area contributed by atoms with Crippen LogP contribution in [0, 0.1) is 0 Å². The van der Waals surface area contributed by atoms with Gasteiger partial charge in [-0.1, -0.05) is 24.3 Å². The van der Waals surface area contributed by atoms with E-state index in [0.717, 1.165) is 30.1 Å². The van der Waals surface area contributed by atoms with Gasteiger partial charge in [0.2, 0.25) is 0 Å². The SMILES string of the molecule is COc1cccc(OC2CN(C(=O)[C@H]3CCc4ccccc4O3)C2)c1. The summed E-state index contributed by atoms with van der Waals surface area (Å²) in [5.41, 5.74) is 1.18. The first-order valence-electron chi connectivity index (χ1n) is 8.57. The van der Waals surface area contributed by atoms with Crippen molar-refractivity contribution in [3.05, 3.63) is 54.1 Å². The molecule has 0 radical (unpaired) electrons. The standard InChI is InChI=1S/C20H21NO4/c1-23-15-6-4-7-16(11-15)24-17-12-21(13-17)20(22)19-10-9-14-5-2-3-8-18(14)25-19/h2-8,11,17,19H,9-10,12-13H2,1H3/t19-/m1/s1. The zero-order valence-corrected chi connectivity index (χ0v) is 14.2. The molecular weight excluding hydrogens is 318 g/mol. The van der Waals surface area contributed by atoms with Gasteiger partial charge in [-0.15, -0.1) is 0 Å². The molecule has 1 saturated heterocycles. The summed E-state index contributed by atoms with van der Waals surface area (Å²) in [6, 6.07) is 15.4. The van der Waals surface area contributed by atoms with Crippen molar-refractivity contribution in [1.82, 2.24) is 4.90 Å². The Morgan fingerprint density at radius 2 is 1.92 bits per heavy atom. The van der Waals surface area contributed by atoms with Crippen molar-refractivity contribution in [3.8, 4) is 17.2 Å². The first-order valence-corrected chi connectivity index (χ1v) is 8.57. The highest BCUT2D eigenvalue weighted by Crippen LogP contribution is 2.29. The number of aryl methyl sites for hydroxylation is 1. The number of para-hydroxylation sites is 1. The lowest BCUT2D eigenvalue weighted by molar-refractivity contribution is -0.148. The lowest BCUT2D eigenvalue weighted by Crippen LogP contribution is -2.59. The first kappa shape index (κ1) is 15.8. The van der Waals surface area contributed by atoms with Gasteiger partial charge in [0, 0.05) is 6.07 Å². The first-order chi connectivity index (χ1) is 12.2. The predicted octanol–water partition coefficient (Wildman–Crippen LogP) is 2.68. The van der Waals surface area contributed by atoms with E-state index in [2.05, 4.69) is 6.07 Å². The number of ether oxygens (including phenoxy) is 3. The van der Waals surface area contributed by atoms with Crippen LogP contribution >= 0.6 is 0 Å². The quantitative estimate of drug-likeness (QED) is 0.859. The molecule has 2 heterocycles. The monoisotopic (exact) mass is 339 g/mol. The van der Waals surface area contributed by atoms with E-state index in [9.17, 15) is 4.79 Å². The Bertz CT molecular complexity index is 770. The number of benzene rings is 2. The van der Waals surface area contributed by atoms with Crippen molar-refractivity contribution < 1.29 is 19.0 Å². The largest absolute Gasteiger partial charge is 0.497 e. The number of hydrogen-bond acceptors (Lipinski definition) is 4. The van der Waals surface area contributed by atoms with E-state index < -0.39 is 0 Å². The summed E-state index contributed by atoms with van der Waals surface area (Å²) in [6.45, 7) is 1.19. The average molecular weight is 339 g/mol. The van der Waals surface area contributed by atoms with Crippen molar-refractivity contribution in [2.45, 2.75) is 25.0 Å². The fourth-order valence-corrected chi connectivity index (χ4v) is 3.26. The highest BCUT2D eigenvalue weighted by atomic mass is 16.5. The maximum atomic E-state index is 12.6. The van der Waals surface area contributed by atoms with Crippen molar-refractivity contribution in [2.75, 3.05) is 20.2 Å². The fourth-order valence-electron chi connectivity index (χ4n) is 3.26. The molecule has 0 aromatic heterocycles. The van der Waals surface area contributed by atoms with Crippen LogP contribution in [0.3, 0.4) is 0 Å². The second-order valence-corrected chi connectivity index (χ2v) is 6.41. The van der Waals surface area contributed by atoms with Gasteiger partial charge in [-0.05, 0) is 36.6 Å². The molecule has 2 aliphatic heterocycles. The van der Waals surface area contributed by atoms with Crippen molar-refractivity contribution in [3.63, 3.8) is 0 Å². The highest BCUT2D eigenvalue weighted by molar-refractivity contribution is 5.82. The Labute approximate surface area is 147 Å². The molecule has 2 aliphatic rings. The maximum Gasteiger partial charge on any atom is 0.263 e. The molecule has 0 saturated carbocycles. The number of fused-ring (bicyclic) bond motifs is 1. The Balaban J connectivity index is 1.31. The predicted molar refractivity (Wildman–Crippen MR) is 93.2 cm³/mol. The van der Waals surface area contributed by atoms with Crippen LogP contribution < -0.4 is 14.2 Å². The average Bonchev–Trinajstić information content (AvgIpc) is 2.63. The van der Waals surface area contributed by atoms with Gasteiger partial charge in [0.1, 0.15) is 23.4 Å². The van der Waals surface area contributed by atoms with Crippen LogP contribution in [-0.2, 0) is 11.2 Å². The van der Waals surface area contributed by atoms with E-state index in [-0.39, 0.29) is 18.1 Å². The van der Waals surface area contributed by atoms with Gasteiger partial charge in [0.25, 0.3) is 5.91 Å². The summed E-state index contributed by atoms with van der Waals surface area (Å²) in [5, 5.41) is 0. The molecule has 0 aliphatic carbocycles. The zero-order valence-electron chi connectivity index (χ0n) is 14.2. The summed E-state index contributed by atoms with van der Waals surface area (Å²) in [7, 11) is 1.63. The molecule has 5 heteroatoms. The number of rotatable bonds is 4. The Kier molecular flexibility index (Phi) is 4.22. The zero-order chi connectivity index (χ0) is 17.2. The van der Waals surface area contributed by atoms with Crippen LogP contribution in [0.1, 0.15) is 12.0 Å². The molecule has 130 valence electrons. The fraction of sp³-hybridized carbons (Fsp3) is 0.350. The third-order valence-electron chi connectivity index (χ3n) is 4.70.